The van der Waals surface area contributed by atoms with Crippen LogP contribution in [0.5, 0.6) is 5.75 Å². The SMILES string of the molecule is CCC(=O)N1CCN(c2ccc(Cl)c(OC)c2)CC1n1nc(C(F)(F)F)c(Cl)c1CC(C)O. The number of nitrogens with zero attached hydrogens (tertiary/aromatic N) is 4. The van der Waals surface area contributed by atoms with Crippen LogP contribution >= 0.6 is 23.2 Å². The molecule has 1 aliphatic heterocycles. The van der Waals surface area contributed by atoms with Gasteiger partial charge in [-0.3, -0.25) is 4.79 Å². The Morgan fingerprint density at radius 3 is 2.61 bits per heavy atom. The fourth-order valence-electron chi connectivity index (χ4n) is 3.89. The highest BCUT2D eigenvalue weighted by molar-refractivity contribution is 6.32. The maximum atomic E-state index is 13.6. The minimum Gasteiger partial charge on any atom is -0.495 e. The van der Waals surface area contributed by atoms with Gasteiger partial charge >= 0.3 is 6.18 Å². The molecule has 2 unspecified atom stereocenters. The van der Waals surface area contributed by atoms with Crippen molar-refractivity contribution in [3.63, 3.8) is 0 Å². The zero-order valence-corrected chi connectivity index (χ0v) is 19.9. The van der Waals surface area contributed by atoms with E-state index in [-0.39, 0.29) is 37.5 Å². The van der Waals surface area contributed by atoms with E-state index in [1.54, 1.807) is 25.1 Å². The Balaban J connectivity index is 2.09. The molecule has 1 N–H and O–H groups in total. The number of ether oxygens (including phenoxy) is 1. The molecule has 1 aromatic heterocycles. The zero-order chi connectivity index (χ0) is 24.5. The van der Waals surface area contributed by atoms with Crippen molar-refractivity contribution in [3.05, 3.63) is 39.6 Å². The third-order valence-corrected chi connectivity index (χ3v) is 6.17. The Kier molecular flexibility index (Phi) is 7.70. The highest BCUT2D eigenvalue weighted by atomic mass is 35.5. The van der Waals surface area contributed by atoms with Crippen LogP contribution in [0.4, 0.5) is 18.9 Å². The molecule has 2 atom stereocenters. The normalized spacial score (nSPS) is 17.9. The van der Waals surface area contributed by atoms with Gasteiger partial charge in [-0.25, -0.2) is 4.68 Å². The summed E-state index contributed by atoms with van der Waals surface area (Å²) in [6, 6.07) is 5.16. The minimum absolute atomic E-state index is 0.0217. The van der Waals surface area contributed by atoms with Crippen LogP contribution in [0.1, 0.15) is 37.8 Å². The number of rotatable bonds is 6. The molecule has 12 heteroatoms. The fraction of sp³-hybridized carbons (Fsp3) is 0.524. The second-order valence-corrected chi connectivity index (χ2v) is 8.58. The zero-order valence-electron chi connectivity index (χ0n) is 18.4. The van der Waals surface area contributed by atoms with Gasteiger partial charge in [-0.1, -0.05) is 30.1 Å². The third-order valence-electron chi connectivity index (χ3n) is 5.46. The Labute approximate surface area is 199 Å². The Bertz CT molecular complexity index is 1010. The van der Waals surface area contributed by atoms with Gasteiger partial charge in [0.05, 0.1) is 35.5 Å². The van der Waals surface area contributed by atoms with Crippen molar-refractivity contribution >= 4 is 34.8 Å². The van der Waals surface area contributed by atoms with Crippen LogP contribution in [0.25, 0.3) is 0 Å². The van der Waals surface area contributed by atoms with Crippen LogP contribution in [0.15, 0.2) is 18.2 Å². The largest absolute Gasteiger partial charge is 0.495 e. The number of piperazine rings is 1. The van der Waals surface area contributed by atoms with Crippen LogP contribution in [-0.4, -0.2) is 58.5 Å². The summed E-state index contributed by atoms with van der Waals surface area (Å²) in [6.45, 7) is 3.99. The van der Waals surface area contributed by atoms with E-state index in [0.717, 1.165) is 10.4 Å². The minimum atomic E-state index is -4.78. The lowest BCUT2D eigenvalue weighted by Gasteiger charge is -2.43. The van der Waals surface area contributed by atoms with Gasteiger partial charge in [0.1, 0.15) is 11.9 Å². The first-order chi connectivity index (χ1) is 15.5. The number of benzene rings is 1. The third kappa shape index (κ3) is 5.33. The Morgan fingerprint density at radius 1 is 1.33 bits per heavy atom. The molecule has 1 aromatic carbocycles. The van der Waals surface area contributed by atoms with Crippen LogP contribution < -0.4 is 9.64 Å². The van der Waals surface area contributed by atoms with Crippen LogP contribution in [0.2, 0.25) is 10.0 Å². The number of aliphatic hydroxyl groups excluding tert-OH is 1. The van der Waals surface area contributed by atoms with E-state index in [2.05, 4.69) is 5.10 Å². The van der Waals surface area contributed by atoms with Crippen molar-refractivity contribution in [3.8, 4) is 5.75 Å². The fourth-order valence-corrected chi connectivity index (χ4v) is 4.39. The van der Waals surface area contributed by atoms with E-state index in [4.69, 9.17) is 27.9 Å². The molecule has 0 radical (unpaired) electrons. The lowest BCUT2D eigenvalue weighted by molar-refractivity contribution is -0.142. The summed E-state index contributed by atoms with van der Waals surface area (Å²) in [5, 5.41) is 13.5. The smallest absolute Gasteiger partial charge is 0.436 e. The second-order valence-electron chi connectivity index (χ2n) is 7.79. The molecule has 2 aromatic rings. The van der Waals surface area contributed by atoms with Crippen molar-refractivity contribution in [1.82, 2.24) is 14.7 Å². The topological polar surface area (TPSA) is 70.8 Å². The number of carbonyl (C=O) groups is 1. The molecule has 182 valence electrons. The van der Waals surface area contributed by atoms with Crippen LogP contribution in [0.3, 0.4) is 0 Å². The number of hydrogen-bond acceptors (Lipinski definition) is 5. The average Bonchev–Trinajstić information content (AvgIpc) is 3.09. The molecule has 0 spiro atoms. The van der Waals surface area contributed by atoms with E-state index in [9.17, 15) is 23.1 Å². The molecule has 1 aliphatic rings. The van der Waals surface area contributed by atoms with Gasteiger partial charge in [0.15, 0.2) is 5.69 Å². The molecule has 7 nitrogen and oxygen atoms in total. The van der Waals surface area contributed by atoms with Crippen LogP contribution in [-0.2, 0) is 17.4 Å². The van der Waals surface area contributed by atoms with Crippen molar-refractivity contribution in [1.29, 1.82) is 0 Å². The highest BCUT2D eigenvalue weighted by Crippen LogP contribution is 2.39. The first-order valence-electron chi connectivity index (χ1n) is 10.4. The van der Waals surface area contributed by atoms with Crippen molar-refractivity contribution < 1.29 is 27.8 Å². The van der Waals surface area contributed by atoms with Gasteiger partial charge in [-0.2, -0.15) is 18.3 Å². The number of aliphatic hydroxyl groups is 1. The lowest BCUT2D eigenvalue weighted by atomic mass is 10.1. The molecule has 1 amide bonds. The van der Waals surface area contributed by atoms with Gasteiger partial charge in [0.25, 0.3) is 0 Å². The molecule has 0 aliphatic carbocycles. The van der Waals surface area contributed by atoms with Crippen molar-refractivity contribution in [2.75, 3.05) is 31.6 Å². The van der Waals surface area contributed by atoms with E-state index < -0.39 is 29.2 Å². The summed E-state index contributed by atoms with van der Waals surface area (Å²) in [4.78, 5) is 16.1. The first-order valence-corrected chi connectivity index (χ1v) is 11.1. The maximum absolute atomic E-state index is 13.6. The van der Waals surface area contributed by atoms with Crippen molar-refractivity contribution in [2.45, 2.75) is 45.1 Å². The number of amides is 1. The number of carbonyl (C=O) groups excluding carboxylic acids is 1. The Morgan fingerprint density at radius 2 is 2.03 bits per heavy atom. The summed E-state index contributed by atoms with van der Waals surface area (Å²) >= 11 is 12.2. The number of methoxy groups -OCH3 is 1. The summed E-state index contributed by atoms with van der Waals surface area (Å²) in [7, 11) is 1.48. The predicted molar refractivity (Wildman–Crippen MR) is 119 cm³/mol. The molecule has 1 fully saturated rings. The van der Waals surface area contributed by atoms with Crippen molar-refractivity contribution in [2.24, 2.45) is 0 Å². The molecule has 1 saturated heterocycles. The van der Waals surface area contributed by atoms with Crippen LogP contribution in [0, 0.1) is 0 Å². The molecule has 0 bridgehead atoms. The van der Waals surface area contributed by atoms with E-state index in [0.29, 0.717) is 17.3 Å². The van der Waals surface area contributed by atoms with E-state index in [1.807, 2.05) is 4.90 Å². The molecule has 0 saturated carbocycles. The number of hydrogen-bond donors (Lipinski definition) is 1. The number of aromatic nitrogens is 2. The van der Waals surface area contributed by atoms with Gasteiger partial charge in [0, 0.05) is 37.7 Å². The predicted octanol–water partition coefficient (Wildman–Crippen LogP) is 4.40. The lowest BCUT2D eigenvalue weighted by Crippen LogP contribution is -2.53. The monoisotopic (exact) mass is 508 g/mol. The number of anilines is 1. The number of alkyl halides is 3. The maximum Gasteiger partial charge on any atom is 0.436 e. The van der Waals surface area contributed by atoms with Gasteiger partial charge < -0.3 is 19.6 Å². The van der Waals surface area contributed by atoms with E-state index >= 15 is 0 Å². The quantitative estimate of drug-likeness (QED) is 0.626. The number of halogens is 5. The summed E-state index contributed by atoms with van der Waals surface area (Å²) in [6.07, 6.45) is -6.59. The second kappa shape index (κ2) is 9.99. The van der Waals surface area contributed by atoms with Gasteiger partial charge in [0.2, 0.25) is 5.91 Å². The summed E-state index contributed by atoms with van der Waals surface area (Å²) in [5.74, 6) is 0.227. The molecular weight excluding hydrogens is 484 g/mol. The molecule has 3 rings (SSSR count). The summed E-state index contributed by atoms with van der Waals surface area (Å²) < 4.78 is 47.2. The first kappa shape index (κ1) is 25.5. The molecule has 2 heterocycles. The average molecular weight is 509 g/mol. The standard InChI is InChI=1S/C21H25Cl2F3N4O3/c1-4-18(32)29-8-7-28(13-5-6-14(22)16(10-13)33-3)11-17(29)30-15(9-12(2)31)19(23)20(27-30)21(24,25)26/h5-6,10,12,17,31H,4,7-9,11H2,1-3H3. The van der Waals surface area contributed by atoms with Gasteiger partial charge in [-0.15, -0.1) is 0 Å². The van der Waals surface area contributed by atoms with Gasteiger partial charge in [-0.05, 0) is 19.1 Å². The van der Waals surface area contributed by atoms with E-state index in [1.165, 1.54) is 18.9 Å². The molecule has 33 heavy (non-hydrogen) atoms. The molecular formula is C21H25Cl2F3N4O3. The summed E-state index contributed by atoms with van der Waals surface area (Å²) in [5.41, 5.74) is -0.487. The Hall–Kier alpha value is -2.17. The highest BCUT2D eigenvalue weighted by Gasteiger charge is 2.42.